The molecule has 0 aliphatic heterocycles. The van der Waals surface area contributed by atoms with Crippen molar-refractivity contribution in [3.63, 3.8) is 0 Å². The Morgan fingerprint density at radius 3 is 2.43 bits per heavy atom. The van der Waals surface area contributed by atoms with E-state index in [-0.39, 0.29) is 24.3 Å². The van der Waals surface area contributed by atoms with Crippen LogP contribution in [0.25, 0.3) is 10.9 Å². The van der Waals surface area contributed by atoms with Gasteiger partial charge in [0.15, 0.2) is 0 Å². The van der Waals surface area contributed by atoms with Crippen molar-refractivity contribution in [2.45, 2.75) is 51.1 Å². The monoisotopic (exact) mass is 400 g/mol. The zero-order chi connectivity index (χ0) is 18.6. The summed E-state index contributed by atoms with van der Waals surface area (Å²) in [6.07, 6.45) is 6.24. The fraction of sp³-hybridized carbons (Fsp3) is 0.364. The summed E-state index contributed by atoms with van der Waals surface area (Å²) in [6.45, 7) is 2.03. The summed E-state index contributed by atoms with van der Waals surface area (Å²) in [5, 5.41) is 8.05. The average molecular weight is 401 g/mol. The van der Waals surface area contributed by atoms with Crippen molar-refractivity contribution in [3.8, 4) is 0 Å². The summed E-state index contributed by atoms with van der Waals surface area (Å²) in [7, 11) is 0. The Balaban J connectivity index is 0.00000225. The normalized spacial score (nSPS) is 15.6. The maximum Gasteiger partial charge on any atom is 0.225 e. The molecule has 1 unspecified atom stereocenters. The van der Waals surface area contributed by atoms with E-state index in [1.165, 1.54) is 44.2 Å². The highest BCUT2D eigenvalue weighted by Crippen LogP contribution is 2.27. The van der Waals surface area contributed by atoms with Crippen molar-refractivity contribution in [2.24, 2.45) is 0 Å². The Kier molecular flexibility index (Phi) is 6.68. The number of hydrogen-bond acceptors (Lipinski definition) is 4. The van der Waals surface area contributed by atoms with Gasteiger partial charge in [-0.25, -0.2) is 9.37 Å². The van der Waals surface area contributed by atoms with Crippen LogP contribution in [-0.4, -0.2) is 16.0 Å². The van der Waals surface area contributed by atoms with Crippen LogP contribution in [0.5, 0.6) is 0 Å². The summed E-state index contributed by atoms with van der Waals surface area (Å²) < 4.78 is 13.2. The quantitative estimate of drug-likeness (QED) is 0.542. The summed E-state index contributed by atoms with van der Waals surface area (Å²) >= 11 is 0. The van der Waals surface area contributed by atoms with Crippen LogP contribution in [0.1, 0.15) is 50.6 Å². The van der Waals surface area contributed by atoms with Crippen molar-refractivity contribution >= 4 is 35.1 Å². The second-order valence-corrected chi connectivity index (χ2v) is 7.31. The summed E-state index contributed by atoms with van der Waals surface area (Å²) in [6, 6.07) is 15.1. The molecule has 0 spiro atoms. The summed E-state index contributed by atoms with van der Waals surface area (Å²) in [5.74, 6) is 1.25. The zero-order valence-corrected chi connectivity index (χ0v) is 16.8. The number of rotatable bonds is 5. The van der Waals surface area contributed by atoms with E-state index in [0.717, 1.165) is 22.3 Å². The van der Waals surface area contributed by atoms with Gasteiger partial charge in [0.25, 0.3) is 0 Å². The Morgan fingerprint density at radius 2 is 1.68 bits per heavy atom. The predicted molar refractivity (Wildman–Crippen MR) is 116 cm³/mol. The Hall–Kier alpha value is -2.40. The minimum absolute atomic E-state index is 0. The lowest BCUT2D eigenvalue weighted by molar-refractivity contribution is 0.462. The number of fused-ring (bicyclic) bond motifs is 1. The fourth-order valence-electron chi connectivity index (χ4n) is 3.72. The number of nitrogens with one attached hydrogen (secondary N) is 2. The molecule has 2 N–H and O–H groups in total. The van der Waals surface area contributed by atoms with E-state index in [1.807, 2.05) is 25.1 Å². The molecule has 28 heavy (non-hydrogen) atoms. The smallest absolute Gasteiger partial charge is 0.225 e. The molecule has 1 aliphatic rings. The minimum atomic E-state index is -0.230. The van der Waals surface area contributed by atoms with E-state index >= 15 is 0 Å². The van der Waals surface area contributed by atoms with Crippen LogP contribution in [-0.2, 0) is 0 Å². The van der Waals surface area contributed by atoms with Crippen molar-refractivity contribution in [3.05, 3.63) is 59.9 Å². The second-order valence-electron chi connectivity index (χ2n) is 7.31. The molecule has 1 aromatic heterocycles. The standard InChI is InChI=1S/C22H25FN4.ClH/c1-15(16-11-13-17(23)14-12-16)24-22-26-20-10-6-5-9-19(20)21(27-22)25-18-7-3-2-4-8-18;/h5-6,9-15,18H,2-4,7-8H2,1H3,(H2,24,25,26,27);1H. The van der Waals surface area contributed by atoms with Gasteiger partial charge in [-0.15, -0.1) is 12.4 Å². The van der Waals surface area contributed by atoms with E-state index in [2.05, 4.69) is 21.7 Å². The van der Waals surface area contributed by atoms with Gasteiger partial charge in [-0.2, -0.15) is 4.98 Å². The SMILES string of the molecule is CC(Nc1nc(NC2CCCCC2)c2ccccc2n1)c1ccc(F)cc1.Cl. The van der Waals surface area contributed by atoms with Gasteiger partial charge in [-0.3, -0.25) is 0 Å². The number of nitrogens with zero attached hydrogens (tertiary/aromatic N) is 2. The molecule has 1 fully saturated rings. The van der Waals surface area contributed by atoms with Gasteiger partial charge in [0.05, 0.1) is 11.6 Å². The third-order valence-corrected chi connectivity index (χ3v) is 5.26. The van der Waals surface area contributed by atoms with Gasteiger partial charge in [0.1, 0.15) is 11.6 Å². The Bertz CT molecular complexity index is 910. The molecule has 1 atom stereocenters. The lowest BCUT2D eigenvalue weighted by Crippen LogP contribution is -2.23. The third-order valence-electron chi connectivity index (χ3n) is 5.26. The van der Waals surface area contributed by atoms with Crippen LogP contribution in [0.4, 0.5) is 16.2 Å². The molecule has 4 rings (SSSR count). The van der Waals surface area contributed by atoms with E-state index in [4.69, 9.17) is 4.98 Å². The number of hydrogen-bond donors (Lipinski definition) is 2. The second kappa shape index (κ2) is 9.20. The molecule has 1 saturated carbocycles. The van der Waals surface area contributed by atoms with Crippen molar-refractivity contribution in [1.29, 1.82) is 0 Å². The lowest BCUT2D eigenvalue weighted by Gasteiger charge is -2.24. The first-order valence-corrected chi connectivity index (χ1v) is 9.74. The third kappa shape index (κ3) is 4.71. The first-order valence-electron chi connectivity index (χ1n) is 9.74. The maximum atomic E-state index is 13.2. The highest BCUT2D eigenvalue weighted by Gasteiger charge is 2.17. The van der Waals surface area contributed by atoms with Gasteiger partial charge >= 0.3 is 0 Å². The van der Waals surface area contributed by atoms with Crippen molar-refractivity contribution in [1.82, 2.24) is 9.97 Å². The molecule has 0 saturated heterocycles. The molecule has 3 aromatic rings. The van der Waals surface area contributed by atoms with Crippen LogP contribution in [0.3, 0.4) is 0 Å². The molecule has 2 aromatic carbocycles. The highest BCUT2D eigenvalue weighted by atomic mass is 35.5. The molecule has 148 valence electrons. The molecule has 0 radical (unpaired) electrons. The molecule has 1 heterocycles. The number of anilines is 2. The summed E-state index contributed by atoms with van der Waals surface area (Å²) in [5.41, 5.74) is 1.91. The van der Waals surface area contributed by atoms with Crippen LogP contribution >= 0.6 is 12.4 Å². The molecule has 0 bridgehead atoms. The zero-order valence-electron chi connectivity index (χ0n) is 16.0. The molecule has 1 aliphatic carbocycles. The van der Waals surface area contributed by atoms with Gasteiger partial charge < -0.3 is 10.6 Å². The van der Waals surface area contributed by atoms with Crippen LogP contribution < -0.4 is 10.6 Å². The highest BCUT2D eigenvalue weighted by molar-refractivity contribution is 5.90. The van der Waals surface area contributed by atoms with Crippen molar-refractivity contribution in [2.75, 3.05) is 10.6 Å². The first kappa shape index (κ1) is 20.3. The Labute approximate surface area is 171 Å². The average Bonchev–Trinajstić information content (AvgIpc) is 2.69. The fourth-order valence-corrected chi connectivity index (χ4v) is 3.72. The molecular formula is C22H26ClFN4. The Morgan fingerprint density at radius 1 is 0.964 bits per heavy atom. The largest absolute Gasteiger partial charge is 0.367 e. The first-order chi connectivity index (χ1) is 13.2. The number of aromatic nitrogens is 2. The van der Waals surface area contributed by atoms with Gasteiger partial charge in [-0.05, 0) is 49.6 Å². The van der Waals surface area contributed by atoms with E-state index in [9.17, 15) is 4.39 Å². The van der Waals surface area contributed by atoms with E-state index < -0.39 is 0 Å². The number of benzene rings is 2. The van der Waals surface area contributed by atoms with Gasteiger partial charge in [0, 0.05) is 11.4 Å². The molecular weight excluding hydrogens is 375 g/mol. The van der Waals surface area contributed by atoms with Crippen LogP contribution in [0.2, 0.25) is 0 Å². The molecule has 0 amide bonds. The lowest BCUT2D eigenvalue weighted by atomic mass is 9.95. The van der Waals surface area contributed by atoms with Gasteiger partial charge in [0.2, 0.25) is 5.95 Å². The predicted octanol–water partition coefficient (Wildman–Crippen LogP) is 6.11. The minimum Gasteiger partial charge on any atom is -0.367 e. The van der Waals surface area contributed by atoms with Crippen LogP contribution in [0.15, 0.2) is 48.5 Å². The van der Waals surface area contributed by atoms with E-state index in [0.29, 0.717) is 12.0 Å². The molecule has 4 nitrogen and oxygen atoms in total. The van der Waals surface area contributed by atoms with Crippen LogP contribution in [0, 0.1) is 5.82 Å². The number of halogens is 2. The molecule has 6 heteroatoms. The topological polar surface area (TPSA) is 49.8 Å². The van der Waals surface area contributed by atoms with Gasteiger partial charge in [-0.1, -0.05) is 43.5 Å². The number of para-hydroxylation sites is 1. The summed E-state index contributed by atoms with van der Waals surface area (Å²) in [4.78, 5) is 9.45. The van der Waals surface area contributed by atoms with Crippen molar-refractivity contribution < 1.29 is 4.39 Å². The maximum absolute atomic E-state index is 13.2. The van der Waals surface area contributed by atoms with E-state index in [1.54, 1.807) is 12.1 Å².